The van der Waals surface area contributed by atoms with Crippen molar-refractivity contribution >= 4 is 50.7 Å². The Labute approximate surface area is 147 Å². The number of nitrogens with zero attached hydrogens (tertiary/aromatic N) is 3. The molecule has 0 saturated carbocycles. The van der Waals surface area contributed by atoms with E-state index in [4.69, 9.17) is 5.73 Å². The molecule has 1 amide bonds. The monoisotopic (exact) mass is 356 g/mol. The predicted octanol–water partition coefficient (Wildman–Crippen LogP) is 3.34. The van der Waals surface area contributed by atoms with Gasteiger partial charge >= 0.3 is 0 Å². The Bertz CT molecular complexity index is 924. The standard InChI is InChI=1S/C17H16N4OS2/c1-10-8-11-4-2-3-5-13(11)21(10)14(22)9-24-17-19-15(18)12-6-7-23-16(12)20-17/h2-7,10H,8-9H2,1H3,(H2,18,19,20)/t10-/m1/s1. The third-order valence-corrected chi connectivity index (χ3v) is 5.77. The molecule has 0 spiro atoms. The minimum atomic E-state index is 0.0749. The van der Waals surface area contributed by atoms with E-state index in [1.165, 1.54) is 28.7 Å². The molecule has 0 unspecified atom stereocenters. The first-order valence-corrected chi connectivity index (χ1v) is 9.53. The van der Waals surface area contributed by atoms with Gasteiger partial charge < -0.3 is 10.6 Å². The van der Waals surface area contributed by atoms with Crippen molar-refractivity contribution in [3.05, 3.63) is 41.3 Å². The second-order valence-electron chi connectivity index (χ2n) is 5.77. The summed E-state index contributed by atoms with van der Waals surface area (Å²) >= 11 is 2.86. The molecule has 24 heavy (non-hydrogen) atoms. The number of nitrogens with two attached hydrogens (primary N) is 1. The van der Waals surface area contributed by atoms with Gasteiger partial charge in [0, 0.05) is 11.7 Å². The van der Waals surface area contributed by atoms with Gasteiger partial charge in [-0.2, -0.15) is 0 Å². The van der Waals surface area contributed by atoms with Crippen LogP contribution >= 0.6 is 23.1 Å². The van der Waals surface area contributed by atoms with Gasteiger partial charge in [-0.05, 0) is 36.4 Å². The van der Waals surface area contributed by atoms with Gasteiger partial charge in [0.1, 0.15) is 10.6 Å². The van der Waals surface area contributed by atoms with Crippen LogP contribution < -0.4 is 10.6 Å². The van der Waals surface area contributed by atoms with Crippen LogP contribution in [0, 0.1) is 0 Å². The number of rotatable bonds is 3. The van der Waals surface area contributed by atoms with Crippen molar-refractivity contribution in [2.75, 3.05) is 16.4 Å². The third kappa shape index (κ3) is 2.63. The van der Waals surface area contributed by atoms with Crippen LogP contribution in [0.4, 0.5) is 11.5 Å². The van der Waals surface area contributed by atoms with Gasteiger partial charge in [-0.25, -0.2) is 9.97 Å². The largest absolute Gasteiger partial charge is 0.383 e. The van der Waals surface area contributed by atoms with E-state index < -0.39 is 0 Å². The van der Waals surface area contributed by atoms with E-state index in [0.717, 1.165) is 22.3 Å². The summed E-state index contributed by atoms with van der Waals surface area (Å²) in [5.74, 6) is 0.844. The van der Waals surface area contributed by atoms with E-state index in [-0.39, 0.29) is 11.9 Å². The summed E-state index contributed by atoms with van der Waals surface area (Å²) in [4.78, 5) is 24.2. The van der Waals surface area contributed by atoms with Crippen LogP contribution in [0.1, 0.15) is 12.5 Å². The molecule has 2 N–H and O–H groups in total. The second kappa shape index (κ2) is 6.07. The Morgan fingerprint density at radius 3 is 3.08 bits per heavy atom. The van der Waals surface area contributed by atoms with Gasteiger partial charge in [0.15, 0.2) is 5.16 Å². The number of hydrogen-bond donors (Lipinski definition) is 1. The zero-order valence-corrected chi connectivity index (χ0v) is 14.7. The summed E-state index contributed by atoms with van der Waals surface area (Å²) in [6.45, 7) is 2.08. The highest BCUT2D eigenvalue weighted by Gasteiger charge is 2.30. The molecule has 1 atom stereocenters. The highest BCUT2D eigenvalue weighted by atomic mass is 32.2. The van der Waals surface area contributed by atoms with Gasteiger partial charge in [-0.15, -0.1) is 11.3 Å². The highest BCUT2D eigenvalue weighted by Crippen LogP contribution is 2.33. The van der Waals surface area contributed by atoms with Gasteiger partial charge in [0.25, 0.3) is 0 Å². The van der Waals surface area contributed by atoms with Crippen LogP contribution in [0.2, 0.25) is 0 Å². The molecule has 0 bridgehead atoms. The molecular formula is C17H16N4OS2. The molecule has 0 saturated heterocycles. The number of benzene rings is 1. The fourth-order valence-electron chi connectivity index (χ4n) is 3.06. The van der Waals surface area contributed by atoms with E-state index in [1.807, 2.05) is 34.5 Å². The lowest BCUT2D eigenvalue weighted by Crippen LogP contribution is -2.37. The molecule has 5 nitrogen and oxygen atoms in total. The normalized spacial score (nSPS) is 16.5. The zero-order chi connectivity index (χ0) is 16.7. The number of nitrogen functional groups attached to an aromatic ring is 1. The van der Waals surface area contributed by atoms with Crippen LogP contribution in [-0.4, -0.2) is 27.7 Å². The van der Waals surface area contributed by atoms with Crippen molar-refractivity contribution in [3.63, 3.8) is 0 Å². The topological polar surface area (TPSA) is 72.1 Å². The third-order valence-electron chi connectivity index (χ3n) is 4.13. The summed E-state index contributed by atoms with van der Waals surface area (Å²) < 4.78 is 0. The predicted molar refractivity (Wildman–Crippen MR) is 99.6 cm³/mol. The molecule has 122 valence electrons. The number of fused-ring (bicyclic) bond motifs is 2. The van der Waals surface area contributed by atoms with Crippen LogP contribution in [0.25, 0.3) is 10.2 Å². The first-order chi connectivity index (χ1) is 11.6. The molecule has 4 rings (SSSR count). The Morgan fingerprint density at radius 2 is 2.21 bits per heavy atom. The summed E-state index contributed by atoms with van der Waals surface area (Å²) in [6, 6.07) is 10.2. The Hall–Kier alpha value is -2.12. The number of hydrogen-bond acceptors (Lipinski definition) is 6. The first kappa shape index (κ1) is 15.4. The Morgan fingerprint density at radius 1 is 1.38 bits per heavy atom. The number of thioether (sulfide) groups is 1. The zero-order valence-electron chi connectivity index (χ0n) is 13.1. The lowest BCUT2D eigenvalue weighted by Gasteiger charge is -2.22. The van der Waals surface area contributed by atoms with Crippen molar-refractivity contribution in [1.82, 2.24) is 9.97 Å². The summed E-state index contributed by atoms with van der Waals surface area (Å²) in [6.07, 6.45) is 0.900. The molecule has 0 fully saturated rings. The molecule has 7 heteroatoms. The number of thiophene rings is 1. The fraction of sp³-hybridized carbons (Fsp3) is 0.235. The van der Waals surface area contributed by atoms with Gasteiger partial charge in [-0.3, -0.25) is 4.79 Å². The van der Waals surface area contributed by atoms with E-state index in [0.29, 0.717) is 16.7 Å². The molecular weight excluding hydrogens is 340 g/mol. The average Bonchev–Trinajstić information content (AvgIpc) is 3.16. The molecule has 3 heterocycles. The second-order valence-corrected chi connectivity index (χ2v) is 7.60. The maximum atomic E-state index is 12.7. The van der Waals surface area contributed by atoms with Crippen molar-refractivity contribution in [1.29, 1.82) is 0 Å². The molecule has 0 aliphatic carbocycles. The highest BCUT2D eigenvalue weighted by molar-refractivity contribution is 7.99. The minimum absolute atomic E-state index is 0.0749. The quantitative estimate of drug-likeness (QED) is 0.575. The van der Waals surface area contributed by atoms with Gasteiger partial charge in [0.05, 0.1) is 11.1 Å². The van der Waals surface area contributed by atoms with E-state index in [2.05, 4.69) is 23.0 Å². The maximum Gasteiger partial charge on any atom is 0.237 e. The molecule has 1 aliphatic heterocycles. The molecule has 0 radical (unpaired) electrons. The van der Waals surface area contributed by atoms with E-state index in [1.54, 1.807) is 0 Å². The van der Waals surface area contributed by atoms with Crippen molar-refractivity contribution in [2.45, 2.75) is 24.5 Å². The molecule has 3 aromatic rings. The van der Waals surface area contributed by atoms with Crippen molar-refractivity contribution in [3.8, 4) is 0 Å². The van der Waals surface area contributed by atoms with Crippen molar-refractivity contribution < 1.29 is 4.79 Å². The fourth-order valence-corrected chi connectivity index (χ4v) is 4.60. The van der Waals surface area contributed by atoms with Gasteiger partial charge in [0.2, 0.25) is 5.91 Å². The van der Waals surface area contributed by atoms with Gasteiger partial charge in [-0.1, -0.05) is 30.0 Å². The van der Waals surface area contributed by atoms with E-state index in [9.17, 15) is 4.79 Å². The van der Waals surface area contributed by atoms with Crippen molar-refractivity contribution in [2.24, 2.45) is 0 Å². The first-order valence-electron chi connectivity index (χ1n) is 7.67. The van der Waals surface area contributed by atoms with Crippen LogP contribution in [0.15, 0.2) is 40.9 Å². The Balaban J connectivity index is 1.52. The number of anilines is 2. The van der Waals surface area contributed by atoms with E-state index >= 15 is 0 Å². The SMILES string of the molecule is C[C@@H]1Cc2ccccc2N1C(=O)CSc1nc(N)c2ccsc2n1. The summed E-state index contributed by atoms with van der Waals surface area (Å²) in [5, 5.41) is 3.37. The smallest absolute Gasteiger partial charge is 0.237 e. The summed E-state index contributed by atoms with van der Waals surface area (Å²) in [7, 11) is 0. The van der Waals surface area contributed by atoms with Crippen LogP contribution in [0.3, 0.4) is 0 Å². The molecule has 1 aliphatic rings. The number of aromatic nitrogens is 2. The lowest BCUT2D eigenvalue weighted by atomic mass is 10.1. The average molecular weight is 356 g/mol. The summed E-state index contributed by atoms with van der Waals surface area (Å²) in [5.41, 5.74) is 8.21. The number of amides is 1. The molecule has 2 aromatic heterocycles. The number of carbonyl (C=O) groups is 1. The van der Waals surface area contributed by atoms with Crippen LogP contribution in [0.5, 0.6) is 0 Å². The number of para-hydroxylation sites is 1. The minimum Gasteiger partial charge on any atom is -0.383 e. The lowest BCUT2D eigenvalue weighted by molar-refractivity contribution is -0.116. The Kier molecular flexibility index (Phi) is 3.90. The maximum absolute atomic E-state index is 12.7. The molecule has 1 aromatic carbocycles. The number of carbonyl (C=O) groups excluding carboxylic acids is 1. The van der Waals surface area contributed by atoms with Crippen LogP contribution in [-0.2, 0) is 11.2 Å².